The van der Waals surface area contributed by atoms with E-state index in [-0.39, 0.29) is 0 Å². The van der Waals surface area contributed by atoms with Gasteiger partial charge in [-0.3, -0.25) is 0 Å². The van der Waals surface area contributed by atoms with Gasteiger partial charge in [-0.25, -0.2) is 0 Å². The Labute approximate surface area is 270 Å². The van der Waals surface area contributed by atoms with Crippen molar-refractivity contribution in [2.24, 2.45) is 0 Å². The first-order valence-corrected chi connectivity index (χ1v) is 18.6. The molecule has 7 aromatic carbocycles. The minimum Gasteiger partial charge on any atom is -0.133 e. The third kappa shape index (κ3) is 5.11. The SMILES string of the molecule is Cc1ccc(S(c2ccccc2)(c2ccccc2)c2ccc(S(c3ccccc3)(c3ccccc3)c3ccccc3)cc2)cc1. The summed E-state index contributed by atoms with van der Waals surface area (Å²) in [6.07, 6.45) is 0. The lowest BCUT2D eigenvalue weighted by Gasteiger charge is -2.44. The smallest absolute Gasteiger partial charge is 0.00237 e. The Kier molecular flexibility index (Phi) is 8.17. The Morgan fingerprint density at radius 3 is 0.622 bits per heavy atom. The monoisotopic (exact) mass is 616 g/mol. The minimum absolute atomic E-state index is 1.27. The summed E-state index contributed by atoms with van der Waals surface area (Å²) in [4.78, 5) is 10.7. The number of aryl methyl sites for hydroxylation is 1. The quantitative estimate of drug-likeness (QED) is 0.159. The molecule has 0 aliphatic rings. The third-order valence-corrected chi connectivity index (χ3v) is 16.2. The van der Waals surface area contributed by atoms with Crippen LogP contribution in [0.25, 0.3) is 0 Å². The van der Waals surface area contributed by atoms with Gasteiger partial charge in [0.15, 0.2) is 0 Å². The maximum Gasteiger partial charge on any atom is 0.00237 e. The summed E-state index contributed by atoms with van der Waals surface area (Å²) in [6, 6.07) is 74.3. The standard InChI is InChI=1S/C43H36S2/c1-35-27-29-41(30-28-35)45(39-23-13-5-14-24-39,40-25-15-6-16-26-40)43-33-31-42(32-34-43)44(36-17-7-2-8-18-36,37-19-9-3-10-20-37)38-21-11-4-12-22-38/h2-34H,1H3. The Morgan fingerprint density at radius 2 is 0.400 bits per heavy atom. The molecule has 2 heteroatoms. The fourth-order valence-corrected chi connectivity index (χ4v) is 14.1. The second-order valence-electron chi connectivity index (χ2n) is 11.1. The molecule has 0 atom stereocenters. The van der Waals surface area contributed by atoms with Gasteiger partial charge in [0.05, 0.1) is 0 Å². The van der Waals surface area contributed by atoms with Gasteiger partial charge in [0.2, 0.25) is 0 Å². The van der Waals surface area contributed by atoms with Gasteiger partial charge in [-0.1, -0.05) is 109 Å². The van der Waals surface area contributed by atoms with Crippen molar-refractivity contribution in [1.82, 2.24) is 0 Å². The van der Waals surface area contributed by atoms with Crippen LogP contribution in [-0.4, -0.2) is 0 Å². The maximum absolute atomic E-state index is 2.42. The summed E-state index contributed by atoms with van der Waals surface area (Å²) >= 11 is 0. The average molecular weight is 617 g/mol. The summed E-state index contributed by atoms with van der Waals surface area (Å²) < 4.78 is 0. The molecule has 0 fully saturated rings. The predicted molar refractivity (Wildman–Crippen MR) is 191 cm³/mol. The molecule has 7 aromatic rings. The van der Waals surface area contributed by atoms with Crippen molar-refractivity contribution in [1.29, 1.82) is 0 Å². The van der Waals surface area contributed by atoms with E-state index in [2.05, 4.69) is 207 Å². The van der Waals surface area contributed by atoms with Crippen LogP contribution < -0.4 is 0 Å². The van der Waals surface area contributed by atoms with Gasteiger partial charge in [0.1, 0.15) is 0 Å². The molecule has 220 valence electrons. The molecule has 0 N–H and O–H groups in total. The van der Waals surface area contributed by atoms with Gasteiger partial charge in [-0.05, 0) is 104 Å². The van der Waals surface area contributed by atoms with E-state index in [1.165, 1.54) is 44.7 Å². The highest BCUT2D eigenvalue weighted by Crippen LogP contribution is 2.76. The Balaban J connectivity index is 1.53. The lowest BCUT2D eigenvalue weighted by atomic mass is 10.2. The van der Waals surface area contributed by atoms with Crippen LogP contribution >= 0.6 is 20.1 Å². The second kappa shape index (κ2) is 12.7. The first-order valence-electron chi connectivity index (χ1n) is 15.3. The summed E-state index contributed by atoms with van der Waals surface area (Å²) in [7, 11) is -3.54. The molecule has 0 aromatic heterocycles. The minimum atomic E-state index is -1.77. The highest BCUT2D eigenvalue weighted by molar-refractivity contribution is 8.34. The molecule has 0 spiro atoms. The fraction of sp³-hybridized carbons (Fsp3) is 0.0233. The zero-order valence-electron chi connectivity index (χ0n) is 25.4. The zero-order chi connectivity index (χ0) is 30.5. The maximum atomic E-state index is 2.42. The van der Waals surface area contributed by atoms with Gasteiger partial charge in [0.25, 0.3) is 0 Å². The highest BCUT2D eigenvalue weighted by atomic mass is 32.3. The highest BCUT2D eigenvalue weighted by Gasteiger charge is 2.36. The summed E-state index contributed by atoms with van der Waals surface area (Å²) in [5.74, 6) is 0. The third-order valence-electron chi connectivity index (χ3n) is 8.39. The van der Waals surface area contributed by atoms with Crippen molar-refractivity contribution in [2.45, 2.75) is 46.1 Å². The lowest BCUT2D eigenvalue weighted by Crippen LogP contribution is -2.07. The second-order valence-corrected chi connectivity index (χ2v) is 17.3. The summed E-state index contributed by atoms with van der Waals surface area (Å²) in [5.41, 5.74) is 1.27. The topological polar surface area (TPSA) is 0 Å². The number of hydrogen-bond donors (Lipinski definition) is 0. The van der Waals surface area contributed by atoms with Crippen LogP contribution in [0.2, 0.25) is 0 Å². The Morgan fingerprint density at radius 1 is 0.222 bits per heavy atom. The van der Waals surface area contributed by atoms with Crippen LogP contribution in [0.15, 0.2) is 239 Å². The van der Waals surface area contributed by atoms with Gasteiger partial charge in [-0.2, -0.15) is 0 Å². The van der Waals surface area contributed by atoms with Crippen LogP contribution in [0.1, 0.15) is 5.56 Å². The normalized spacial score (nSPS) is 12.4. The van der Waals surface area contributed by atoms with E-state index in [4.69, 9.17) is 0 Å². The van der Waals surface area contributed by atoms with Crippen LogP contribution in [0, 0.1) is 6.92 Å². The van der Waals surface area contributed by atoms with E-state index in [0.29, 0.717) is 0 Å². The van der Waals surface area contributed by atoms with Crippen molar-refractivity contribution in [3.8, 4) is 0 Å². The molecule has 0 aliphatic heterocycles. The summed E-state index contributed by atoms with van der Waals surface area (Å²) in [6.45, 7) is 2.17. The largest absolute Gasteiger partial charge is 0.133 e. The number of hydrogen-bond acceptors (Lipinski definition) is 0. The predicted octanol–water partition coefficient (Wildman–Crippen LogP) is 12.7. The first kappa shape index (κ1) is 29.0. The van der Waals surface area contributed by atoms with E-state index in [9.17, 15) is 0 Å². The van der Waals surface area contributed by atoms with Crippen molar-refractivity contribution >= 4 is 20.1 Å². The molecule has 0 unspecified atom stereocenters. The van der Waals surface area contributed by atoms with Crippen LogP contribution in [0.3, 0.4) is 0 Å². The fourth-order valence-electron chi connectivity index (χ4n) is 6.35. The van der Waals surface area contributed by atoms with E-state index in [0.717, 1.165) is 0 Å². The molecular weight excluding hydrogens is 581 g/mol. The molecule has 0 bridgehead atoms. The van der Waals surface area contributed by atoms with Crippen LogP contribution in [0.5, 0.6) is 0 Å². The van der Waals surface area contributed by atoms with E-state index < -0.39 is 20.1 Å². The molecule has 0 saturated heterocycles. The molecule has 0 amide bonds. The molecule has 0 radical (unpaired) electrons. The molecule has 7 rings (SSSR count). The van der Waals surface area contributed by atoms with Gasteiger partial charge in [-0.15, -0.1) is 20.1 Å². The average Bonchev–Trinajstić information content (AvgIpc) is 3.13. The van der Waals surface area contributed by atoms with Crippen molar-refractivity contribution in [3.05, 3.63) is 206 Å². The van der Waals surface area contributed by atoms with E-state index >= 15 is 0 Å². The molecule has 0 saturated carbocycles. The molecular formula is C43H36S2. The Hall–Kier alpha value is -4.76. The lowest BCUT2D eigenvalue weighted by molar-refractivity contribution is 1.20. The first-order chi connectivity index (χ1) is 22.2. The van der Waals surface area contributed by atoms with E-state index in [1.54, 1.807) is 0 Å². The van der Waals surface area contributed by atoms with E-state index in [1.807, 2.05) is 0 Å². The number of rotatable bonds is 8. The van der Waals surface area contributed by atoms with Crippen LogP contribution in [0.4, 0.5) is 0 Å². The van der Waals surface area contributed by atoms with Gasteiger partial charge in [0, 0.05) is 39.2 Å². The van der Waals surface area contributed by atoms with Crippen LogP contribution in [-0.2, 0) is 0 Å². The molecule has 45 heavy (non-hydrogen) atoms. The molecule has 0 nitrogen and oxygen atoms in total. The summed E-state index contributed by atoms with van der Waals surface area (Å²) in [5, 5.41) is 0. The number of benzene rings is 7. The molecule has 0 heterocycles. The van der Waals surface area contributed by atoms with Crippen molar-refractivity contribution in [2.75, 3.05) is 0 Å². The molecule has 0 aliphatic carbocycles. The van der Waals surface area contributed by atoms with Crippen molar-refractivity contribution in [3.63, 3.8) is 0 Å². The van der Waals surface area contributed by atoms with Gasteiger partial charge < -0.3 is 0 Å². The van der Waals surface area contributed by atoms with Gasteiger partial charge >= 0.3 is 0 Å². The Bertz CT molecular complexity index is 1820. The zero-order valence-corrected chi connectivity index (χ0v) is 27.0. The van der Waals surface area contributed by atoms with Crippen molar-refractivity contribution < 1.29 is 0 Å².